The first-order valence-corrected chi connectivity index (χ1v) is 10.4. The fraction of sp³-hybridized carbons (Fsp3) is 0.591. The second-order valence-corrected chi connectivity index (χ2v) is 7.87. The third-order valence-corrected chi connectivity index (χ3v) is 5.61. The first kappa shape index (κ1) is 19.7. The largest absolute Gasteiger partial charge is 0.361 e. The van der Waals surface area contributed by atoms with Crippen molar-refractivity contribution in [3.8, 4) is 0 Å². The summed E-state index contributed by atoms with van der Waals surface area (Å²) in [5.74, 6) is 0.955. The van der Waals surface area contributed by atoms with Crippen LogP contribution >= 0.6 is 0 Å². The number of hydrogen-bond acceptors (Lipinski definition) is 2. The molecule has 0 saturated carbocycles. The Kier molecular flexibility index (Phi) is 6.78. The Bertz CT molecular complexity index is 753. The van der Waals surface area contributed by atoms with Crippen LogP contribution in [0, 0.1) is 6.92 Å². The van der Waals surface area contributed by atoms with E-state index in [2.05, 4.69) is 72.6 Å². The standard InChI is InChI=1S/C22H35N5/c1-5-23-22(26-19-10-13-27(14-11-19)16(2)3)24-12-9-18-15-25-21-17(4)7-6-8-20(18)21/h6-8,15-16,19,25H,5,9-14H2,1-4H3,(H2,23,24,26). The maximum absolute atomic E-state index is 4.83. The van der Waals surface area contributed by atoms with Gasteiger partial charge in [-0.05, 0) is 58.1 Å². The predicted molar refractivity (Wildman–Crippen MR) is 116 cm³/mol. The van der Waals surface area contributed by atoms with Crippen LogP contribution in [0.4, 0.5) is 0 Å². The zero-order valence-electron chi connectivity index (χ0n) is 17.3. The van der Waals surface area contributed by atoms with E-state index in [1.54, 1.807) is 0 Å². The van der Waals surface area contributed by atoms with Crippen LogP contribution in [-0.4, -0.2) is 54.1 Å². The summed E-state index contributed by atoms with van der Waals surface area (Å²) in [7, 11) is 0. The van der Waals surface area contributed by atoms with Gasteiger partial charge in [0, 0.05) is 55.4 Å². The molecule has 1 aromatic heterocycles. The number of nitrogens with one attached hydrogen (secondary N) is 3. The molecule has 0 aliphatic carbocycles. The number of aromatic amines is 1. The Hall–Kier alpha value is -2.01. The van der Waals surface area contributed by atoms with Gasteiger partial charge in [0.05, 0.1) is 0 Å². The Morgan fingerprint density at radius 3 is 2.78 bits per heavy atom. The van der Waals surface area contributed by atoms with Crippen LogP contribution in [0.15, 0.2) is 29.4 Å². The van der Waals surface area contributed by atoms with E-state index in [-0.39, 0.29) is 0 Å². The molecule has 1 aliphatic heterocycles. The van der Waals surface area contributed by atoms with Crippen molar-refractivity contribution in [3.63, 3.8) is 0 Å². The smallest absolute Gasteiger partial charge is 0.191 e. The van der Waals surface area contributed by atoms with Crippen molar-refractivity contribution in [2.45, 2.75) is 59.0 Å². The van der Waals surface area contributed by atoms with Gasteiger partial charge in [-0.2, -0.15) is 0 Å². The van der Waals surface area contributed by atoms with Crippen LogP contribution in [0.5, 0.6) is 0 Å². The fourth-order valence-corrected chi connectivity index (χ4v) is 3.93. The number of guanidine groups is 1. The van der Waals surface area contributed by atoms with Gasteiger partial charge in [0.25, 0.3) is 0 Å². The molecule has 2 aromatic rings. The van der Waals surface area contributed by atoms with Crippen molar-refractivity contribution in [2.24, 2.45) is 4.99 Å². The van der Waals surface area contributed by atoms with E-state index in [9.17, 15) is 0 Å². The van der Waals surface area contributed by atoms with Gasteiger partial charge in [-0.15, -0.1) is 0 Å². The van der Waals surface area contributed by atoms with Crippen LogP contribution in [0.25, 0.3) is 10.9 Å². The molecule has 1 aromatic carbocycles. The molecule has 2 heterocycles. The number of hydrogen-bond donors (Lipinski definition) is 3. The number of likely N-dealkylation sites (tertiary alicyclic amines) is 1. The third kappa shape index (κ3) is 5.04. The molecular weight excluding hydrogens is 334 g/mol. The monoisotopic (exact) mass is 369 g/mol. The average molecular weight is 370 g/mol. The molecule has 148 valence electrons. The second-order valence-electron chi connectivity index (χ2n) is 7.87. The molecule has 27 heavy (non-hydrogen) atoms. The Labute approximate surface area is 163 Å². The Morgan fingerprint density at radius 2 is 2.07 bits per heavy atom. The summed E-state index contributed by atoms with van der Waals surface area (Å²) in [4.78, 5) is 10.8. The third-order valence-electron chi connectivity index (χ3n) is 5.61. The molecule has 1 aliphatic rings. The van der Waals surface area contributed by atoms with Crippen molar-refractivity contribution in [2.75, 3.05) is 26.2 Å². The van der Waals surface area contributed by atoms with Gasteiger partial charge >= 0.3 is 0 Å². The summed E-state index contributed by atoms with van der Waals surface area (Å²) in [6, 6.07) is 7.65. The maximum atomic E-state index is 4.83. The van der Waals surface area contributed by atoms with E-state index in [0.29, 0.717) is 12.1 Å². The molecule has 5 heteroatoms. The van der Waals surface area contributed by atoms with E-state index < -0.39 is 0 Å². The summed E-state index contributed by atoms with van der Waals surface area (Å²) in [6.45, 7) is 12.9. The molecular formula is C22H35N5. The number of rotatable bonds is 6. The summed E-state index contributed by atoms with van der Waals surface area (Å²) in [6.07, 6.45) is 5.45. The summed E-state index contributed by atoms with van der Waals surface area (Å²) >= 11 is 0. The minimum Gasteiger partial charge on any atom is -0.361 e. The summed E-state index contributed by atoms with van der Waals surface area (Å²) < 4.78 is 0. The zero-order valence-corrected chi connectivity index (χ0v) is 17.3. The Morgan fingerprint density at radius 1 is 1.30 bits per heavy atom. The minimum atomic E-state index is 0.522. The first-order valence-electron chi connectivity index (χ1n) is 10.4. The molecule has 1 saturated heterocycles. The maximum Gasteiger partial charge on any atom is 0.191 e. The first-order chi connectivity index (χ1) is 13.1. The number of aryl methyl sites for hydroxylation is 1. The lowest BCUT2D eigenvalue weighted by Gasteiger charge is -2.35. The zero-order chi connectivity index (χ0) is 19.2. The van der Waals surface area contributed by atoms with Gasteiger partial charge in [-0.25, -0.2) is 0 Å². The van der Waals surface area contributed by atoms with Crippen LogP contribution < -0.4 is 10.6 Å². The average Bonchev–Trinajstić information content (AvgIpc) is 3.07. The molecule has 3 N–H and O–H groups in total. The number of nitrogens with zero attached hydrogens (tertiary/aromatic N) is 2. The molecule has 0 spiro atoms. The van der Waals surface area contributed by atoms with Crippen LogP contribution in [0.3, 0.4) is 0 Å². The molecule has 0 atom stereocenters. The lowest BCUT2D eigenvalue weighted by Crippen LogP contribution is -2.49. The quantitative estimate of drug-likeness (QED) is 0.540. The molecule has 0 radical (unpaired) electrons. The van der Waals surface area contributed by atoms with Crippen LogP contribution in [0.2, 0.25) is 0 Å². The predicted octanol–water partition coefficient (Wildman–Crippen LogP) is 3.45. The number of H-pyrrole nitrogens is 1. The van der Waals surface area contributed by atoms with Gasteiger partial charge in [-0.1, -0.05) is 18.2 Å². The van der Waals surface area contributed by atoms with Crippen LogP contribution in [0.1, 0.15) is 44.7 Å². The highest BCUT2D eigenvalue weighted by Crippen LogP contribution is 2.21. The number of aromatic nitrogens is 1. The highest BCUT2D eigenvalue weighted by Gasteiger charge is 2.21. The fourth-order valence-electron chi connectivity index (χ4n) is 3.93. The van der Waals surface area contributed by atoms with E-state index in [1.807, 2.05) is 0 Å². The van der Waals surface area contributed by atoms with Gasteiger partial charge in [0.2, 0.25) is 0 Å². The molecule has 0 bridgehead atoms. The summed E-state index contributed by atoms with van der Waals surface area (Å²) in [5, 5.41) is 8.38. The van der Waals surface area contributed by atoms with E-state index in [0.717, 1.165) is 25.5 Å². The van der Waals surface area contributed by atoms with Crippen LogP contribution in [-0.2, 0) is 6.42 Å². The van der Waals surface area contributed by atoms with Crippen molar-refractivity contribution in [1.82, 2.24) is 20.5 Å². The number of benzene rings is 1. The molecule has 5 nitrogen and oxygen atoms in total. The topological polar surface area (TPSA) is 55.5 Å². The minimum absolute atomic E-state index is 0.522. The summed E-state index contributed by atoms with van der Waals surface area (Å²) in [5.41, 5.74) is 3.89. The molecule has 3 rings (SSSR count). The Balaban J connectivity index is 1.56. The van der Waals surface area contributed by atoms with Gasteiger partial charge in [-0.3, -0.25) is 4.99 Å². The van der Waals surface area contributed by atoms with Crippen molar-refractivity contribution < 1.29 is 0 Å². The lowest BCUT2D eigenvalue weighted by atomic mass is 10.0. The van der Waals surface area contributed by atoms with E-state index >= 15 is 0 Å². The van der Waals surface area contributed by atoms with Crippen molar-refractivity contribution in [3.05, 3.63) is 35.5 Å². The lowest BCUT2D eigenvalue weighted by molar-refractivity contribution is 0.167. The van der Waals surface area contributed by atoms with Crippen molar-refractivity contribution in [1.29, 1.82) is 0 Å². The number of para-hydroxylation sites is 1. The van der Waals surface area contributed by atoms with Gasteiger partial charge in [0.1, 0.15) is 0 Å². The molecule has 0 amide bonds. The SMILES string of the molecule is CCNC(=NCCc1c[nH]c2c(C)cccc12)NC1CCN(C(C)C)CC1. The highest BCUT2D eigenvalue weighted by molar-refractivity contribution is 5.86. The second kappa shape index (κ2) is 9.27. The number of fused-ring (bicyclic) bond motifs is 1. The molecule has 1 fully saturated rings. The van der Waals surface area contributed by atoms with Crippen molar-refractivity contribution >= 4 is 16.9 Å². The number of piperidine rings is 1. The normalized spacial score (nSPS) is 17.0. The molecule has 0 unspecified atom stereocenters. The highest BCUT2D eigenvalue weighted by atomic mass is 15.2. The van der Waals surface area contributed by atoms with Gasteiger partial charge in [0.15, 0.2) is 5.96 Å². The number of aliphatic imine (C=N–C) groups is 1. The van der Waals surface area contributed by atoms with E-state index in [1.165, 1.54) is 48.0 Å². The van der Waals surface area contributed by atoms with Gasteiger partial charge < -0.3 is 20.5 Å². The van der Waals surface area contributed by atoms with E-state index in [4.69, 9.17) is 4.99 Å².